The predicted octanol–water partition coefficient (Wildman–Crippen LogP) is 16.0. The van der Waals surface area contributed by atoms with E-state index in [1.54, 1.807) is 0 Å². The fourth-order valence-electron chi connectivity index (χ4n) is 8.25. The van der Waals surface area contributed by atoms with E-state index in [0.717, 1.165) is 11.4 Å². The molecule has 55 heavy (non-hydrogen) atoms. The Bertz CT molecular complexity index is 3200. The van der Waals surface area contributed by atoms with Crippen LogP contribution >= 0.6 is 22.7 Å². The molecule has 0 saturated carbocycles. The van der Waals surface area contributed by atoms with Crippen LogP contribution in [0.3, 0.4) is 0 Å². The van der Waals surface area contributed by atoms with Crippen LogP contribution in [0.15, 0.2) is 200 Å². The van der Waals surface area contributed by atoms with Gasteiger partial charge >= 0.3 is 0 Å². The molecule has 0 fully saturated rings. The second-order valence-corrected chi connectivity index (χ2v) is 16.2. The molecule has 0 bridgehead atoms. The molecule has 0 spiro atoms. The van der Waals surface area contributed by atoms with E-state index < -0.39 is 0 Å². The van der Waals surface area contributed by atoms with Gasteiger partial charge in [-0.25, -0.2) is 0 Å². The van der Waals surface area contributed by atoms with Crippen LogP contribution in [0.2, 0.25) is 0 Å². The summed E-state index contributed by atoms with van der Waals surface area (Å²) in [6, 6.07) is 73.4. The summed E-state index contributed by atoms with van der Waals surface area (Å²) in [5, 5.41) is 7.69. The molecule has 11 aromatic rings. The van der Waals surface area contributed by atoms with Crippen molar-refractivity contribution in [3.8, 4) is 33.4 Å². The van der Waals surface area contributed by atoms with Crippen LogP contribution in [-0.4, -0.2) is 0 Å². The van der Waals surface area contributed by atoms with Crippen molar-refractivity contribution in [2.75, 3.05) is 4.90 Å². The molecule has 0 atom stereocenters. The Balaban J connectivity index is 1.11. The molecule has 1 nitrogen and oxygen atoms in total. The van der Waals surface area contributed by atoms with E-state index in [0.29, 0.717) is 0 Å². The van der Waals surface area contributed by atoms with Crippen molar-refractivity contribution in [3.05, 3.63) is 200 Å². The van der Waals surface area contributed by atoms with Gasteiger partial charge in [-0.2, -0.15) is 0 Å². The SMILES string of the molecule is c1ccc(-c2ccc(-c3cccc4c3sc3c(N(c5cccc(-c6cccc7ccccc67)c5)c5ccc6c(c5)sc5ccccc56)cccc34)cc2)cc1. The highest BCUT2D eigenvalue weighted by Gasteiger charge is 2.21. The monoisotopic (exact) mass is 735 g/mol. The van der Waals surface area contributed by atoms with Crippen LogP contribution in [0.25, 0.3) is 84.5 Å². The van der Waals surface area contributed by atoms with Gasteiger partial charge in [0.05, 0.1) is 10.4 Å². The lowest BCUT2D eigenvalue weighted by Gasteiger charge is -2.27. The average molecular weight is 736 g/mol. The molecule has 258 valence electrons. The van der Waals surface area contributed by atoms with E-state index in [1.165, 1.54) is 90.2 Å². The minimum Gasteiger partial charge on any atom is -0.309 e. The Hall–Kier alpha value is -6.52. The van der Waals surface area contributed by atoms with Gasteiger partial charge in [0.25, 0.3) is 0 Å². The maximum absolute atomic E-state index is 2.48. The van der Waals surface area contributed by atoms with E-state index >= 15 is 0 Å². The molecule has 9 aromatic carbocycles. The summed E-state index contributed by atoms with van der Waals surface area (Å²) in [6.45, 7) is 0. The van der Waals surface area contributed by atoms with Gasteiger partial charge < -0.3 is 4.90 Å². The summed E-state index contributed by atoms with van der Waals surface area (Å²) < 4.78 is 5.19. The third-order valence-electron chi connectivity index (χ3n) is 10.9. The van der Waals surface area contributed by atoms with Crippen molar-refractivity contribution in [2.24, 2.45) is 0 Å². The summed E-state index contributed by atoms with van der Waals surface area (Å²) in [5.74, 6) is 0. The first-order valence-electron chi connectivity index (χ1n) is 18.7. The summed E-state index contributed by atoms with van der Waals surface area (Å²) in [6.07, 6.45) is 0. The van der Waals surface area contributed by atoms with Gasteiger partial charge in [0.15, 0.2) is 0 Å². The average Bonchev–Trinajstić information content (AvgIpc) is 3.83. The van der Waals surface area contributed by atoms with Crippen molar-refractivity contribution in [1.29, 1.82) is 0 Å². The highest BCUT2D eigenvalue weighted by molar-refractivity contribution is 7.27. The molecule has 0 aliphatic heterocycles. The maximum Gasteiger partial charge on any atom is 0.0640 e. The Morgan fingerprint density at radius 2 is 0.909 bits per heavy atom. The van der Waals surface area contributed by atoms with E-state index in [-0.39, 0.29) is 0 Å². The molecular weight excluding hydrogens is 703 g/mol. The Morgan fingerprint density at radius 1 is 0.309 bits per heavy atom. The molecule has 0 N–H and O–H groups in total. The number of thiophene rings is 2. The summed E-state index contributed by atoms with van der Waals surface area (Å²) in [7, 11) is 0. The maximum atomic E-state index is 2.48. The first-order chi connectivity index (χ1) is 27.3. The minimum absolute atomic E-state index is 1.13. The summed E-state index contributed by atoms with van der Waals surface area (Å²) in [4.78, 5) is 2.48. The molecule has 2 aromatic heterocycles. The summed E-state index contributed by atoms with van der Waals surface area (Å²) >= 11 is 3.77. The molecule has 11 rings (SSSR count). The van der Waals surface area contributed by atoms with E-state index in [2.05, 4.69) is 205 Å². The molecule has 0 radical (unpaired) electrons. The molecule has 0 aliphatic rings. The van der Waals surface area contributed by atoms with Gasteiger partial charge in [-0.15, -0.1) is 22.7 Å². The van der Waals surface area contributed by atoms with Crippen molar-refractivity contribution in [3.63, 3.8) is 0 Å². The normalized spacial score (nSPS) is 11.6. The first kappa shape index (κ1) is 32.0. The van der Waals surface area contributed by atoms with Crippen LogP contribution < -0.4 is 4.90 Å². The van der Waals surface area contributed by atoms with Crippen LogP contribution in [0.4, 0.5) is 17.1 Å². The smallest absolute Gasteiger partial charge is 0.0640 e. The lowest BCUT2D eigenvalue weighted by molar-refractivity contribution is 1.31. The lowest BCUT2D eigenvalue weighted by atomic mass is 9.97. The second-order valence-electron chi connectivity index (χ2n) is 14.1. The zero-order valence-corrected chi connectivity index (χ0v) is 31.4. The van der Waals surface area contributed by atoms with E-state index in [4.69, 9.17) is 0 Å². The molecule has 3 heteroatoms. The van der Waals surface area contributed by atoms with Gasteiger partial charge in [0, 0.05) is 47.0 Å². The second kappa shape index (κ2) is 13.1. The quantitative estimate of drug-likeness (QED) is 0.164. The zero-order chi connectivity index (χ0) is 36.3. The number of anilines is 3. The van der Waals surface area contributed by atoms with Gasteiger partial charge in [0.1, 0.15) is 0 Å². The number of fused-ring (bicyclic) bond motifs is 7. The van der Waals surface area contributed by atoms with Crippen LogP contribution in [0.5, 0.6) is 0 Å². The molecule has 0 saturated heterocycles. The van der Waals surface area contributed by atoms with Gasteiger partial charge in [-0.1, -0.05) is 164 Å². The number of benzene rings is 9. The highest BCUT2D eigenvalue weighted by atomic mass is 32.1. The fraction of sp³-hybridized carbons (Fsp3) is 0. The highest BCUT2D eigenvalue weighted by Crippen LogP contribution is 2.48. The van der Waals surface area contributed by atoms with Crippen molar-refractivity contribution < 1.29 is 0 Å². The molecule has 0 amide bonds. The summed E-state index contributed by atoms with van der Waals surface area (Å²) in [5.41, 5.74) is 10.9. The third-order valence-corrected chi connectivity index (χ3v) is 13.3. The molecule has 0 unspecified atom stereocenters. The molecular formula is C52H33NS2. The molecule has 2 heterocycles. The minimum atomic E-state index is 1.13. The van der Waals surface area contributed by atoms with Crippen molar-refractivity contribution in [2.45, 2.75) is 0 Å². The Kier molecular flexibility index (Phi) is 7.61. The van der Waals surface area contributed by atoms with Crippen LogP contribution in [0, 0.1) is 0 Å². The van der Waals surface area contributed by atoms with Crippen LogP contribution in [-0.2, 0) is 0 Å². The number of rotatable bonds is 6. The van der Waals surface area contributed by atoms with Crippen molar-refractivity contribution >= 4 is 90.9 Å². The predicted molar refractivity (Wildman–Crippen MR) is 241 cm³/mol. The lowest BCUT2D eigenvalue weighted by Crippen LogP contribution is -2.10. The number of hydrogen-bond acceptors (Lipinski definition) is 3. The van der Waals surface area contributed by atoms with E-state index in [9.17, 15) is 0 Å². The van der Waals surface area contributed by atoms with Crippen LogP contribution in [0.1, 0.15) is 0 Å². The Morgan fingerprint density at radius 3 is 1.80 bits per heavy atom. The number of hydrogen-bond donors (Lipinski definition) is 0. The topological polar surface area (TPSA) is 3.24 Å². The van der Waals surface area contributed by atoms with Crippen molar-refractivity contribution in [1.82, 2.24) is 0 Å². The van der Waals surface area contributed by atoms with Gasteiger partial charge in [-0.3, -0.25) is 0 Å². The van der Waals surface area contributed by atoms with Gasteiger partial charge in [0.2, 0.25) is 0 Å². The zero-order valence-electron chi connectivity index (χ0n) is 29.8. The Labute approximate surface area is 327 Å². The van der Waals surface area contributed by atoms with E-state index in [1.807, 2.05) is 22.7 Å². The standard InChI is InChI=1S/C52H33NS2/c1-2-12-34(13-3-1)35-26-28-37(29-27-35)43-21-10-22-46-47-23-11-24-48(52(47)55-51(43)46)53(40-30-31-45-44-19-6-7-25-49(44)54-50(45)33-40)39-17-8-16-38(32-39)42-20-9-15-36-14-4-5-18-41(36)42/h1-33H. The largest absolute Gasteiger partial charge is 0.309 e. The fourth-order valence-corrected chi connectivity index (χ4v) is 10.7. The molecule has 0 aliphatic carbocycles. The number of nitrogens with zero attached hydrogens (tertiary/aromatic N) is 1. The first-order valence-corrected chi connectivity index (χ1v) is 20.3. The third kappa shape index (κ3) is 5.43. The van der Waals surface area contributed by atoms with Gasteiger partial charge in [-0.05, 0) is 80.6 Å².